The molecule has 0 amide bonds. The zero-order chi connectivity index (χ0) is 76.2. The normalized spacial score (nSPS) is 13.8. The second kappa shape index (κ2) is 77.8. The Labute approximate surface area is 638 Å². The van der Waals surface area contributed by atoms with Gasteiger partial charge in [-0.15, -0.1) is 0 Å². The quantitative estimate of drug-likeness (QED) is 0.0222. The number of esters is 4. The third-order valence-corrected chi connectivity index (χ3v) is 21.9. The number of aliphatic hydroxyl groups excluding tert-OH is 1. The SMILES string of the molecule is CCCCCCCCCCCCCCCCCCCCCCCC(=O)O[C@H](COC(=O)CCCCCCCCCCCCCCCCCC)COP(=O)(O)OC[C@@H](O)COP(=O)(O)OC[C@@H](COC(=O)CCCCCCCCCCC(C)C)OC(=O)CCCCCCCCCCCCCCCCCC. The maximum Gasteiger partial charge on any atom is 0.472 e. The summed E-state index contributed by atoms with van der Waals surface area (Å²) < 4.78 is 68.9. The second-order valence-electron chi connectivity index (χ2n) is 31.1. The largest absolute Gasteiger partial charge is 0.472 e. The Balaban J connectivity index is 5.23. The van der Waals surface area contributed by atoms with Crippen LogP contribution in [-0.4, -0.2) is 96.7 Å². The summed E-state index contributed by atoms with van der Waals surface area (Å²) in [6.07, 6.45) is 70.9. The van der Waals surface area contributed by atoms with Gasteiger partial charge < -0.3 is 33.8 Å². The highest BCUT2D eigenvalue weighted by Crippen LogP contribution is 2.45. The molecule has 0 rings (SSSR count). The zero-order valence-corrected chi connectivity index (χ0v) is 70.0. The van der Waals surface area contributed by atoms with E-state index in [1.165, 1.54) is 283 Å². The Morgan fingerprint density at radius 2 is 0.442 bits per heavy atom. The van der Waals surface area contributed by atoms with E-state index in [9.17, 15) is 43.2 Å². The summed E-state index contributed by atoms with van der Waals surface area (Å²) in [5, 5.41) is 10.7. The van der Waals surface area contributed by atoms with Crippen molar-refractivity contribution in [2.75, 3.05) is 39.6 Å². The van der Waals surface area contributed by atoms with E-state index in [0.29, 0.717) is 25.7 Å². The van der Waals surface area contributed by atoms with Crippen LogP contribution in [0.3, 0.4) is 0 Å². The van der Waals surface area contributed by atoms with E-state index in [1.54, 1.807) is 0 Å². The molecule has 17 nitrogen and oxygen atoms in total. The highest BCUT2D eigenvalue weighted by atomic mass is 31.2. The minimum absolute atomic E-state index is 0.108. The standard InChI is InChI=1S/C85H166O17P2/c1-6-9-12-15-18-21-24-27-30-33-34-35-36-37-40-43-46-49-56-61-66-71-84(89)101-80(74-95-82(87)68-63-58-53-47-44-41-38-31-28-25-22-19-16-13-10-7-2)76-99-103(91,92)97-72-79(86)73-98-104(93,94)100-77-81(75-96-83(88)69-64-59-54-51-50-52-57-62-67-78(4)5)102-85(90)70-65-60-55-48-45-42-39-32-29-26-23-20-17-14-11-8-3/h78-81,86H,6-77H2,1-5H3,(H,91,92)(H,93,94)/t79-,80-,81-/m1/s1. The number of phosphoric ester groups is 2. The lowest BCUT2D eigenvalue weighted by Crippen LogP contribution is -2.30. The predicted octanol–water partition coefficient (Wildman–Crippen LogP) is 26.0. The third-order valence-electron chi connectivity index (χ3n) is 20.0. The van der Waals surface area contributed by atoms with Crippen LogP contribution in [0.1, 0.15) is 458 Å². The summed E-state index contributed by atoms with van der Waals surface area (Å²) >= 11 is 0. The first-order valence-electron chi connectivity index (χ1n) is 44.1. The number of carbonyl (C=O) groups excluding carboxylic acids is 4. The summed E-state index contributed by atoms with van der Waals surface area (Å²) in [5.41, 5.74) is 0. The summed E-state index contributed by atoms with van der Waals surface area (Å²) in [5.74, 6) is -1.37. The number of hydrogen-bond acceptors (Lipinski definition) is 15. The van der Waals surface area contributed by atoms with Crippen LogP contribution in [-0.2, 0) is 65.4 Å². The molecule has 0 saturated heterocycles. The second-order valence-corrected chi connectivity index (χ2v) is 34.0. The van der Waals surface area contributed by atoms with Crippen LogP contribution >= 0.6 is 15.6 Å². The molecule has 0 aliphatic rings. The highest BCUT2D eigenvalue weighted by molar-refractivity contribution is 7.47. The van der Waals surface area contributed by atoms with E-state index in [1.807, 2.05) is 0 Å². The molecule has 104 heavy (non-hydrogen) atoms. The molecule has 2 unspecified atom stereocenters. The number of ether oxygens (including phenoxy) is 4. The number of aliphatic hydroxyl groups is 1. The first kappa shape index (κ1) is 102. The molecule has 0 aromatic rings. The minimum atomic E-state index is -4.96. The molecule has 5 atom stereocenters. The minimum Gasteiger partial charge on any atom is -0.462 e. The van der Waals surface area contributed by atoms with Crippen molar-refractivity contribution in [3.63, 3.8) is 0 Å². The molecule has 618 valence electrons. The van der Waals surface area contributed by atoms with Gasteiger partial charge in [-0.2, -0.15) is 0 Å². The molecule has 0 spiro atoms. The summed E-state index contributed by atoms with van der Waals surface area (Å²) in [7, 11) is -9.93. The average Bonchev–Trinajstić information content (AvgIpc) is 0.915. The first-order valence-corrected chi connectivity index (χ1v) is 47.1. The summed E-state index contributed by atoms with van der Waals surface area (Å²) in [6.45, 7) is 7.33. The van der Waals surface area contributed by atoms with Gasteiger partial charge >= 0.3 is 39.5 Å². The molecule has 3 N–H and O–H groups in total. The van der Waals surface area contributed by atoms with Gasteiger partial charge in [0, 0.05) is 25.7 Å². The number of phosphoric acid groups is 2. The van der Waals surface area contributed by atoms with Crippen molar-refractivity contribution in [2.24, 2.45) is 5.92 Å². The van der Waals surface area contributed by atoms with Crippen molar-refractivity contribution < 1.29 is 80.2 Å². The van der Waals surface area contributed by atoms with Crippen molar-refractivity contribution in [1.82, 2.24) is 0 Å². The van der Waals surface area contributed by atoms with Crippen molar-refractivity contribution in [3.8, 4) is 0 Å². The van der Waals surface area contributed by atoms with Gasteiger partial charge in [0.25, 0.3) is 0 Å². The highest BCUT2D eigenvalue weighted by Gasteiger charge is 2.30. The molecule has 0 aromatic carbocycles. The Hall–Kier alpha value is -1.94. The molecule has 0 aromatic heterocycles. The predicted molar refractivity (Wildman–Crippen MR) is 428 cm³/mol. The van der Waals surface area contributed by atoms with E-state index in [4.69, 9.17) is 37.0 Å². The van der Waals surface area contributed by atoms with Crippen LogP contribution in [0.4, 0.5) is 0 Å². The maximum absolute atomic E-state index is 13.1. The van der Waals surface area contributed by atoms with Gasteiger partial charge in [0.1, 0.15) is 19.3 Å². The van der Waals surface area contributed by atoms with Crippen LogP contribution in [0.15, 0.2) is 0 Å². The lowest BCUT2D eigenvalue weighted by molar-refractivity contribution is -0.161. The Bertz CT molecular complexity index is 1980. The van der Waals surface area contributed by atoms with Gasteiger partial charge in [0.15, 0.2) is 12.2 Å². The number of carbonyl (C=O) groups is 4. The zero-order valence-electron chi connectivity index (χ0n) is 68.2. The van der Waals surface area contributed by atoms with Crippen molar-refractivity contribution in [2.45, 2.75) is 477 Å². The van der Waals surface area contributed by atoms with Gasteiger partial charge in [-0.1, -0.05) is 407 Å². The fourth-order valence-corrected chi connectivity index (χ4v) is 14.9. The molecular formula is C85H166O17P2. The third kappa shape index (κ3) is 78.2. The van der Waals surface area contributed by atoms with Crippen LogP contribution in [0, 0.1) is 5.92 Å². The lowest BCUT2D eigenvalue weighted by Gasteiger charge is -2.21. The van der Waals surface area contributed by atoms with Crippen LogP contribution in [0.2, 0.25) is 0 Å². The number of hydrogen-bond donors (Lipinski definition) is 3. The molecule has 0 saturated carbocycles. The Kier molecular flexibility index (Phi) is 76.3. The Morgan fingerprint density at radius 1 is 0.260 bits per heavy atom. The van der Waals surface area contributed by atoms with Crippen molar-refractivity contribution in [3.05, 3.63) is 0 Å². The van der Waals surface area contributed by atoms with Crippen molar-refractivity contribution in [1.29, 1.82) is 0 Å². The summed E-state index contributed by atoms with van der Waals surface area (Å²) in [6, 6.07) is 0. The van der Waals surface area contributed by atoms with Gasteiger partial charge in [0.05, 0.1) is 26.4 Å². The molecule has 0 heterocycles. The van der Waals surface area contributed by atoms with E-state index in [0.717, 1.165) is 95.8 Å². The fraction of sp³-hybridized carbons (Fsp3) is 0.953. The molecular weight excluding hydrogens is 1350 g/mol. The van der Waals surface area contributed by atoms with Gasteiger partial charge in [0.2, 0.25) is 0 Å². The van der Waals surface area contributed by atoms with E-state index >= 15 is 0 Å². The molecule has 0 aliphatic carbocycles. The van der Waals surface area contributed by atoms with Gasteiger partial charge in [-0.3, -0.25) is 37.3 Å². The molecule has 19 heteroatoms. The summed E-state index contributed by atoms with van der Waals surface area (Å²) in [4.78, 5) is 73.2. The monoisotopic (exact) mass is 1520 g/mol. The average molecular weight is 1520 g/mol. The van der Waals surface area contributed by atoms with E-state index in [-0.39, 0.29) is 25.7 Å². The van der Waals surface area contributed by atoms with Crippen LogP contribution in [0.5, 0.6) is 0 Å². The van der Waals surface area contributed by atoms with Crippen LogP contribution in [0.25, 0.3) is 0 Å². The van der Waals surface area contributed by atoms with Gasteiger partial charge in [-0.25, -0.2) is 9.13 Å². The lowest BCUT2D eigenvalue weighted by atomic mass is 10.0. The van der Waals surface area contributed by atoms with E-state index in [2.05, 4.69) is 34.6 Å². The van der Waals surface area contributed by atoms with Crippen LogP contribution < -0.4 is 0 Å². The Morgan fingerprint density at radius 3 is 0.654 bits per heavy atom. The maximum atomic E-state index is 13.1. The number of rotatable bonds is 85. The fourth-order valence-electron chi connectivity index (χ4n) is 13.3. The molecule has 0 bridgehead atoms. The molecule has 0 radical (unpaired) electrons. The number of unbranched alkanes of at least 4 members (excludes halogenated alkanes) is 57. The molecule has 0 fully saturated rings. The topological polar surface area (TPSA) is 237 Å². The van der Waals surface area contributed by atoms with Gasteiger partial charge in [-0.05, 0) is 31.6 Å². The first-order chi connectivity index (χ1) is 50.5. The smallest absolute Gasteiger partial charge is 0.462 e. The van der Waals surface area contributed by atoms with E-state index < -0.39 is 97.5 Å². The molecule has 0 aliphatic heterocycles. The van der Waals surface area contributed by atoms with Crippen molar-refractivity contribution >= 4 is 39.5 Å².